The second-order valence-electron chi connectivity index (χ2n) is 10.0. The van der Waals surface area contributed by atoms with Crippen LogP contribution in [0.25, 0.3) is 0 Å². The van der Waals surface area contributed by atoms with Crippen molar-refractivity contribution < 1.29 is 9.18 Å². The minimum Gasteiger partial charge on any atom is -0.336 e. The number of aryl methyl sites for hydroxylation is 1. The molecule has 0 aliphatic carbocycles. The van der Waals surface area contributed by atoms with Gasteiger partial charge in [0.1, 0.15) is 5.82 Å². The Hall–Kier alpha value is -2.73. The molecule has 5 nitrogen and oxygen atoms in total. The summed E-state index contributed by atoms with van der Waals surface area (Å²) >= 11 is 0. The molecule has 0 bridgehead atoms. The highest BCUT2D eigenvalue weighted by Crippen LogP contribution is 2.39. The maximum absolute atomic E-state index is 14.3. The van der Waals surface area contributed by atoms with Gasteiger partial charge in [0.15, 0.2) is 0 Å². The summed E-state index contributed by atoms with van der Waals surface area (Å²) in [5, 5.41) is 6.92. The molecule has 0 radical (unpaired) electrons. The molecule has 4 rings (SSSR count). The first-order chi connectivity index (χ1) is 15.1. The third kappa shape index (κ3) is 4.56. The summed E-state index contributed by atoms with van der Waals surface area (Å²) in [6.45, 7) is 11.5. The zero-order valence-corrected chi connectivity index (χ0v) is 19.7. The molecule has 2 aromatic rings. The van der Waals surface area contributed by atoms with Crippen molar-refractivity contribution in [2.24, 2.45) is 10.5 Å². The van der Waals surface area contributed by atoms with Crippen molar-refractivity contribution in [3.05, 3.63) is 65.0 Å². The fourth-order valence-electron chi connectivity index (χ4n) is 4.23. The molecule has 1 unspecified atom stereocenters. The van der Waals surface area contributed by atoms with Crippen LogP contribution < -0.4 is 5.01 Å². The van der Waals surface area contributed by atoms with Gasteiger partial charge in [-0.25, -0.2) is 4.39 Å². The monoisotopic (exact) mass is 436 g/mol. The molecule has 1 atom stereocenters. The highest BCUT2D eigenvalue weighted by atomic mass is 19.1. The SMILES string of the molecule is Cc1ccc(C2CC(C(C)(C)C)=NN2c2ccc(C(=O)N3CCN(C)CC3)cc2)cc1F. The number of piperazine rings is 1. The second kappa shape index (κ2) is 8.66. The number of anilines is 1. The van der Waals surface area contributed by atoms with Crippen LogP contribution in [0, 0.1) is 18.2 Å². The van der Waals surface area contributed by atoms with Crippen LogP contribution in [0.5, 0.6) is 0 Å². The first-order valence-electron chi connectivity index (χ1n) is 11.3. The van der Waals surface area contributed by atoms with Crippen LogP contribution >= 0.6 is 0 Å². The van der Waals surface area contributed by atoms with Gasteiger partial charge in [-0.05, 0) is 55.4 Å². The maximum atomic E-state index is 14.3. The standard InChI is InChI=1S/C26H33FN4O/c1-18-6-7-20(16-22(18)27)23-17-24(26(2,3)4)28-31(23)21-10-8-19(9-11-21)25(32)30-14-12-29(5)13-15-30/h6-11,16,23H,12-15,17H2,1-5H3. The van der Waals surface area contributed by atoms with Crippen LogP contribution in [0.4, 0.5) is 10.1 Å². The third-order valence-corrected chi connectivity index (χ3v) is 6.53. The lowest BCUT2D eigenvalue weighted by atomic mass is 9.85. The van der Waals surface area contributed by atoms with E-state index in [0.29, 0.717) is 11.1 Å². The summed E-state index contributed by atoms with van der Waals surface area (Å²) in [6.07, 6.45) is 0.744. The van der Waals surface area contributed by atoms with Gasteiger partial charge in [0.25, 0.3) is 5.91 Å². The van der Waals surface area contributed by atoms with Crippen molar-refractivity contribution in [3.63, 3.8) is 0 Å². The summed E-state index contributed by atoms with van der Waals surface area (Å²) < 4.78 is 14.3. The number of benzene rings is 2. The zero-order chi connectivity index (χ0) is 23.0. The highest BCUT2D eigenvalue weighted by Gasteiger charge is 2.34. The Balaban J connectivity index is 1.60. The van der Waals surface area contributed by atoms with Crippen molar-refractivity contribution in [1.82, 2.24) is 9.80 Å². The van der Waals surface area contributed by atoms with Gasteiger partial charge in [-0.3, -0.25) is 9.80 Å². The topological polar surface area (TPSA) is 39.2 Å². The van der Waals surface area contributed by atoms with Crippen molar-refractivity contribution in [2.45, 2.75) is 40.2 Å². The molecule has 1 saturated heterocycles. The van der Waals surface area contributed by atoms with Gasteiger partial charge in [-0.2, -0.15) is 5.10 Å². The lowest BCUT2D eigenvalue weighted by Crippen LogP contribution is -2.47. The molecular weight excluding hydrogens is 403 g/mol. The van der Waals surface area contributed by atoms with E-state index in [4.69, 9.17) is 5.10 Å². The van der Waals surface area contributed by atoms with E-state index >= 15 is 0 Å². The number of nitrogens with zero attached hydrogens (tertiary/aromatic N) is 4. The Labute approximate surface area is 190 Å². The number of carbonyl (C=O) groups excluding carboxylic acids is 1. The number of hydrogen-bond donors (Lipinski definition) is 0. The molecule has 6 heteroatoms. The van der Waals surface area contributed by atoms with Crippen LogP contribution in [-0.2, 0) is 0 Å². The fourth-order valence-corrected chi connectivity index (χ4v) is 4.23. The zero-order valence-electron chi connectivity index (χ0n) is 19.7. The quantitative estimate of drug-likeness (QED) is 0.689. The van der Waals surface area contributed by atoms with Crippen LogP contribution in [-0.4, -0.2) is 54.6 Å². The molecule has 2 aromatic carbocycles. The summed E-state index contributed by atoms with van der Waals surface area (Å²) in [5.74, 6) is -0.123. The first kappa shape index (κ1) is 22.5. The fraction of sp³-hybridized carbons (Fsp3) is 0.462. The first-order valence-corrected chi connectivity index (χ1v) is 11.3. The largest absolute Gasteiger partial charge is 0.336 e. The molecule has 32 heavy (non-hydrogen) atoms. The molecule has 0 saturated carbocycles. The second-order valence-corrected chi connectivity index (χ2v) is 10.0. The van der Waals surface area contributed by atoms with Gasteiger partial charge >= 0.3 is 0 Å². The van der Waals surface area contributed by atoms with Gasteiger partial charge in [0, 0.05) is 49.3 Å². The summed E-state index contributed by atoms with van der Waals surface area (Å²) in [7, 11) is 2.08. The predicted octanol–water partition coefficient (Wildman–Crippen LogP) is 4.88. The van der Waals surface area contributed by atoms with Crippen LogP contribution in [0.2, 0.25) is 0 Å². The molecular formula is C26H33FN4O. The number of hydrogen-bond acceptors (Lipinski definition) is 4. The molecule has 0 aromatic heterocycles. The molecule has 1 fully saturated rings. The van der Waals surface area contributed by atoms with E-state index in [-0.39, 0.29) is 23.2 Å². The average Bonchev–Trinajstić information content (AvgIpc) is 3.22. The normalized spacial score (nSPS) is 19.9. The number of amides is 1. The van der Waals surface area contributed by atoms with E-state index in [0.717, 1.165) is 49.6 Å². The van der Waals surface area contributed by atoms with E-state index in [1.807, 2.05) is 46.3 Å². The summed E-state index contributed by atoms with van der Waals surface area (Å²) in [6, 6.07) is 13.0. The number of likely N-dealkylation sites (N-methyl/N-ethyl adjacent to an activating group) is 1. The van der Waals surface area contributed by atoms with Crippen molar-refractivity contribution in [3.8, 4) is 0 Å². The number of carbonyl (C=O) groups is 1. The molecule has 2 aliphatic rings. The van der Waals surface area contributed by atoms with Gasteiger partial charge in [0.05, 0.1) is 11.7 Å². The molecule has 2 aliphatic heterocycles. The van der Waals surface area contributed by atoms with E-state index in [9.17, 15) is 9.18 Å². The van der Waals surface area contributed by atoms with E-state index in [1.165, 1.54) is 0 Å². The minimum absolute atomic E-state index is 0.0708. The number of halogens is 1. The van der Waals surface area contributed by atoms with Crippen LogP contribution in [0.15, 0.2) is 47.6 Å². The third-order valence-electron chi connectivity index (χ3n) is 6.53. The lowest BCUT2D eigenvalue weighted by molar-refractivity contribution is 0.0664. The Kier molecular flexibility index (Phi) is 6.08. The lowest BCUT2D eigenvalue weighted by Gasteiger charge is -2.32. The Bertz CT molecular complexity index is 1020. The maximum Gasteiger partial charge on any atom is 0.253 e. The molecule has 170 valence electrons. The molecule has 1 amide bonds. The molecule has 2 heterocycles. The van der Waals surface area contributed by atoms with Gasteiger partial charge in [0.2, 0.25) is 0 Å². The molecule has 0 N–H and O–H groups in total. The molecule has 0 spiro atoms. The van der Waals surface area contributed by atoms with Gasteiger partial charge in [-0.15, -0.1) is 0 Å². The van der Waals surface area contributed by atoms with Gasteiger partial charge < -0.3 is 9.80 Å². The highest BCUT2D eigenvalue weighted by molar-refractivity contribution is 5.95. The Morgan fingerprint density at radius 2 is 1.69 bits per heavy atom. The van der Waals surface area contributed by atoms with Crippen molar-refractivity contribution >= 4 is 17.3 Å². The summed E-state index contributed by atoms with van der Waals surface area (Å²) in [5.41, 5.74) is 4.16. The van der Waals surface area contributed by atoms with E-state index < -0.39 is 0 Å². The van der Waals surface area contributed by atoms with E-state index in [1.54, 1.807) is 13.0 Å². The Morgan fingerprint density at radius 1 is 1.03 bits per heavy atom. The Morgan fingerprint density at radius 3 is 2.28 bits per heavy atom. The summed E-state index contributed by atoms with van der Waals surface area (Å²) in [4.78, 5) is 17.1. The van der Waals surface area contributed by atoms with Gasteiger partial charge in [-0.1, -0.05) is 32.9 Å². The van der Waals surface area contributed by atoms with Crippen molar-refractivity contribution in [2.75, 3.05) is 38.2 Å². The van der Waals surface area contributed by atoms with Crippen LogP contribution in [0.1, 0.15) is 54.7 Å². The van der Waals surface area contributed by atoms with Crippen molar-refractivity contribution in [1.29, 1.82) is 0 Å². The average molecular weight is 437 g/mol. The number of rotatable bonds is 3. The smallest absolute Gasteiger partial charge is 0.253 e. The predicted molar refractivity (Wildman–Crippen MR) is 128 cm³/mol. The van der Waals surface area contributed by atoms with Crippen LogP contribution in [0.3, 0.4) is 0 Å². The van der Waals surface area contributed by atoms with E-state index in [2.05, 4.69) is 32.7 Å². The minimum atomic E-state index is -0.195. The number of hydrazone groups is 1.